The summed E-state index contributed by atoms with van der Waals surface area (Å²) in [7, 11) is 0. The molecule has 1 amide bonds. The zero-order chi connectivity index (χ0) is 12.4. The van der Waals surface area contributed by atoms with Crippen LogP contribution in [0, 0.1) is 9.39 Å². The maximum Gasteiger partial charge on any atom is 0.254 e. The standard InChI is InChI=1S/C12H14FIN2O.ClH/c13-10-6-8(3-4-11(10)14)12(17)16-5-1-2-9(15)7-16;/h3-4,6,9H,1-2,5,7,15H2;1H. The molecule has 0 spiro atoms. The van der Waals surface area contributed by atoms with E-state index in [0.717, 1.165) is 12.8 Å². The van der Waals surface area contributed by atoms with Crippen LogP contribution in [0.25, 0.3) is 0 Å². The van der Waals surface area contributed by atoms with E-state index in [1.54, 1.807) is 17.0 Å². The number of carbonyl (C=O) groups excluding carboxylic acids is 1. The van der Waals surface area contributed by atoms with Crippen molar-refractivity contribution in [2.24, 2.45) is 5.73 Å². The quantitative estimate of drug-likeness (QED) is 0.756. The number of piperidine rings is 1. The molecule has 0 radical (unpaired) electrons. The predicted molar refractivity (Wildman–Crippen MR) is 79.5 cm³/mol. The fourth-order valence-electron chi connectivity index (χ4n) is 2.01. The molecule has 1 fully saturated rings. The van der Waals surface area contributed by atoms with E-state index < -0.39 is 0 Å². The van der Waals surface area contributed by atoms with Gasteiger partial charge in [0, 0.05) is 28.3 Å². The van der Waals surface area contributed by atoms with Gasteiger partial charge in [0.15, 0.2) is 0 Å². The second-order valence-electron chi connectivity index (χ2n) is 4.28. The Morgan fingerprint density at radius 1 is 1.50 bits per heavy atom. The lowest BCUT2D eigenvalue weighted by Gasteiger charge is -2.30. The van der Waals surface area contributed by atoms with E-state index in [2.05, 4.69) is 0 Å². The van der Waals surface area contributed by atoms with Crippen LogP contribution < -0.4 is 5.73 Å². The van der Waals surface area contributed by atoms with Crippen molar-refractivity contribution in [2.45, 2.75) is 18.9 Å². The Morgan fingerprint density at radius 2 is 2.22 bits per heavy atom. The van der Waals surface area contributed by atoms with Gasteiger partial charge in [-0.1, -0.05) is 0 Å². The Hall–Kier alpha value is -0.400. The highest BCUT2D eigenvalue weighted by atomic mass is 127. The number of rotatable bonds is 1. The molecule has 6 heteroatoms. The molecule has 1 atom stereocenters. The van der Waals surface area contributed by atoms with Gasteiger partial charge in [-0.3, -0.25) is 4.79 Å². The van der Waals surface area contributed by atoms with Crippen molar-refractivity contribution in [3.63, 3.8) is 0 Å². The van der Waals surface area contributed by atoms with Crippen LogP contribution in [0.1, 0.15) is 23.2 Å². The third-order valence-corrected chi connectivity index (χ3v) is 3.79. The normalized spacial score (nSPS) is 19.3. The highest BCUT2D eigenvalue weighted by molar-refractivity contribution is 14.1. The Bertz CT molecular complexity index is 444. The van der Waals surface area contributed by atoms with Crippen molar-refractivity contribution in [1.29, 1.82) is 0 Å². The molecule has 0 aromatic heterocycles. The van der Waals surface area contributed by atoms with Crippen molar-refractivity contribution < 1.29 is 9.18 Å². The predicted octanol–water partition coefficient (Wildman–Crippen LogP) is 2.42. The van der Waals surface area contributed by atoms with Gasteiger partial charge in [0.05, 0.1) is 0 Å². The Kier molecular flexibility index (Phi) is 5.81. The van der Waals surface area contributed by atoms with Crippen molar-refractivity contribution in [3.05, 3.63) is 33.1 Å². The van der Waals surface area contributed by atoms with E-state index >= 15 is 0 Å². The summed E-state index contributed by atoms with van der Waals surface area (Å²) < 4.78 is 13.9. The fraction of sp³-hybridized carbons (Fsp3) is 0.417. The van der Waals surface area contributed by atoms with Crippen LogP contribution >= 0.6 is 35.0 Å². The number of likely N-dealkylation sites (tertiary alicyclic amines) is 1. The average molecular weight is 385 g/mol. The first-order valence-corrected chi connectivity index (χ1v) is 6.65. The molecule has 1 unspecified atom stereocenters. The van der Waals surface area contributed by atoms with Gasteiger partial charge in [0.25, 0.3) is 5.91 Å². The number of nitrogens with two attached hydrogens (primary N) is 1. The first-order valence-electron chi connectivity index (χ1n) is 5.58. The minimum Gasteiger partial charge on any atom is -0.337 e. The minimum absolute atomic E-state index is 0. The minimum atomic E-state index is -0.349. The molecule has 18 heavy (non-hydrogen) atoms. The lowest BCUT2D eigenvalue weighted by atomic mass is 10.1. The molecule has 1 heterocycles. The van der Waals surface area contributed by atoms with Gasteiger partial charge in [-0.2, -0.15) is 0 Å². The van der Waals surface area contributed by atoms with Gasteiger partial charge in [0.2, 0.25) is 0 Å². The molecule has 2 N–H and O–H groups in total. The van der Waals surface area contributed by atoms with E-state index in [4.69, 9.17) is 5.73 Å². The maximum atomic E-state index is 13.4. The highest BCUT2D eigenvalue weighted by Crippen LogP contribution is 2.16. The number of halogens is 3. The van der Waals surface area contributed by atoms with Gasteiger partial charge >= 0.3 is 0 Å². The van der Waals surface area contributed by atoms with E-state index in [1.807, 2.05) is 22.6 Å². The summed E-state index contributed by atoms with van der Waals surface area (Å²) in [6, 6.07) is 4.62. The topological polar surface area (TPSA) is 46.3 Å². The van der Waals surface area contributed by atoms with Crippen LogP contribution in [0.3, 0.4) is 0 Å². The third-order valence-electron chi connectivity index (χ3n) is 2.91. The second kappa shape index (κ2) is 6.68. The molecule has 0 bridgehead atoms. The highest BCUT2D eigenvalue weighted by Gasteiger charge is 2.22. The van der Waals surface area contributed by atoms with Crippen molar-refractivity contribution in [1.82, 2.24) is 4.90 Å². The summed E-state index contributed by atoms with van der Waals surface area (Å²) in [4.78, 5) is 13.8. The monoisotopic (exact) mass is 384 g/mol. The number of hydrogen-bond acceptors (Lipinski definition) is 2. The van der Waals surface area contributed by atoms with Crippen LogP contribution in [0.15, 0.2) is 18.2 Å². The van der Waals surface area contributed by atoms with Gasteiger partial charge in [0.1, 0.15) is 5.82 Å². The van der Waals surface area contributed by atoms with Gasteiger partial charge in [-0.15, -0.1) is 12.4 Å². The Morgan fingerprint density at radius 3 is 2.83 bits per heavy atom. The van der Waals surface area contributed by atoms with Gasteiger partial charge in [-0.05, 0) is 53.6 Å². The van der Waals surface area contributed by atoms with Gasteiger partial charge in [-0.25, -0.2) is 4.39 Å². The van der Waals surface area contributed by atoms with Crippen LogP contribution in [0.4, 0.5) is 4.39 Å². The first-order chi connectivity index (χ1) is 8.08. The van der Waals surface area contributed by atoms with E-state index in [-0.39, 0.29) is 30.2 Å². The molecular weight excluding hydrogens is 370 g/mol. The second-order valence-corrected chi connectivity index (χ2v) is 5.44. The van der Waals surface area contributed by atoms with E-state index in [9.17, 15) is 9.18 Å². The van der Waals surface area contributed by atoms with E-state index in [1.165, 1.54) is 6.07 Å². The Labute approximate surface area is 125 Å². The lowest BCUT2D eigenvalue weighted by molar-refractivity contribution is 0.0708. The number of amides is 1. The number of nitrogens with zero attached hydrogens (tertiary/aromatic N) is 1. The van der Waals surface area contributed by atoms with Crippen molar-refractivity contribution >= 4 is 40.9 Å². The summed E-state index contributed by atoms with van der Waals surface area (Å²) in [5.74, 6) is -0.479. The van der Waals surface area contributed by atoms with E-state index in [0.29, 0.717) is 22.2 Å². The zero-order valence-electron chi connectivity index (χ0n) is 9.73. The number of carbonyl (C=O) groups is 1. The summed E-state index contributed by atoms with van der Waals surface area (Å²) in [5.41, 5.74) is 6.23. The number of hydrogen-bond donors (Lipinski definition) is 1. The average Bonchev–Trinajstić information content (AvgIpc) is 2.32. The molecule has 1 aromatic carbocycles. The lowest BCUT2D eigenvalue weighted by Crippen LogP contribution is -2.45. The first kappa shape index (κ1) is 15.7. The fourth-order valence-corrected chi connectivity index (χ4v) is 2.34. The summed E-state index contributed by atoms with van der Waals surface area (Å²) in [6.07, 6.45) is 1.87. The smallest absolute Gasteiger partial charge is 0.254 e. The number of benzene rings is 1. The van der Waals surface area contributed by atoms with Crippen LogP contribution in [0.5, 0.6) is 0 Å². The molecule has 0 saturated carbocycles. The summed E-state index contributed by atoms with van der Waals surface area (Å²) in [6.45, 7) is 1.27. The molecule has 1 aromatic rings. The molecule has 0 aliphatic carbocycles. The van der Waals surface area contributed by atoms with Crippen molar-refractivity contribution in [2.75, 3.05) is 13.1 Å². The van der Waals surface area contributed by atoms with Crippen LogP contribution in [-0.4, -0.2) is 29.9 Å². The Balaban J connectivity index is 0.00000162. The molecule has 3 nitrogen and oxygen atoms in total. The van der Waals surface area contributed by atoms with Gasteiger partial charge < -0.3 is 10.6 Å². The summed E-state index contributed by atoms with van der Waals surface area (Å²) >= 11 is 1.90. The van der Waals surface area contributed by atoms with Crippen molar-refractivity contribution in [3.8, 4) is 0 Å². The molecule has 1 aliphatic rings. The van der Waals surface area contributed by atoms with Crippen LogP contribution in [-0.2, 0) is 0 Å². The largest absolute Gasteiger partial charge is 0.337 e. The molecule has 1 aliphatic heterocycles. The summed E-state index contributed by atoms with van der Waals surface area (Å²) in [5, 5.41) is 0. The van der Waals surface area contributed by atoms with Crippen LogP contribution in [0.2, 0.25) is 0 Å². The third kappa shape index (κ3) is 3.55. The molecule has 100 valence electrons. The molecule has 2 rings (SSSR count). The maximum absolute atomic E-state index is 13.4. The molecule has 1 saturated heterocycles. The SMILES string of the molecule is Cl.NC1CCCN(C(=O)c2ccc(I)c(F)c2)C1. The zero-order valence-corrected chi connectivity index (χ0v) is 12.7. The molecular formula is C12H15ClFIN2O.